The van der Waals surface area contributed by atoms with Gasteiger partial charge in [-0.05, 0) is 25.8 Å². The number of aryl methyl sites for hydroxylation is 3. The number of aromatic hydroxyl groups is 1. The molecule has 7 nitrogen and oxygen atoms in total. The third-order valence-electron chi connectivity index (χ3n) is 3.81. The Bertz CT molecular complexity index is 897. The number of nitrogens with zero attached hydrogens (tertiary/aromatic N) is 4. The molecule has 0 aliphatic carbocycles. The normalized spacial score (nSPS) is 10.9. The minimum atomic E-state index is -0.380. The third-order valence-corrected chi connectivity index (χ3v) is 3.81. The maximum atomic E-state index is 12.0. The zero-order valence-corrected chi connectivity index (χ0v) is 13.6. The Morgan fingerprint density at radius 1 is 1.17 bits per heavy atom. The minimum absolute atomic E-state index is 0.0808. The molecule has 0 unspecified atom stereocenters. The highest BCUT2D eigenvalue weighted by molar-refractivity contribution is 5.24. The van der Waals surface area contributed by atoms with Gasteiger partial charge in [-0.1, -0.05) is 35.0 Å². The van der Waals surface area contributed by atoms with Crippen molar-refractivity contribution >= 4 is 0 Å². The van der Waals surface area contributed by atoms with Crippen LogP contribution in [0.1, 0.15) is 28.4 Å². The van der Waals surface area contributed by atoms with Gasteiger partial charge >= 0.3 is 0 Å². The molecular formula is C17H18N4O3. The topological polar surface area (TPSA) is 94.0 Å². The van der Waals surface area contributed by atoms with E-state index in [2.05, 4.69) is 46.4 Å². The van der Waals surface area contributed by atoms with Gasteiger partial charge in [0.15, 0.2) is 5.82 Å². The summed E-state index contributed by atoms with van der Waals surface area (Å²) in [5, 5.41) is 17.3. The van der Waals surface area contributed by atoms with E-state index in [1.54, 1.807) is 0 Å². The highest BCUT2D eigenvalue weighted by atomic mass is 16.5. The molecule has 2 heterocycles. The molecule has 0 aliphatic heterocycles. The van der Waals surface area contributed by atoms with Crippen LogP contribution < -0.4 is 5.56 Å². The van der Waals surface area contributed by atoms with E-state index in [0.29, 0.717) is 18.1 Å². The number of benzene rings is 1. The van der Waals surface area contributed by atoms with Crippen LogP contribution in [0.3, 0.4) is 0 Å². The van der Waals surface area contributed by atoms with E-state index in [4.69, 9.17) is 4.52 Å². The quantitative estimate of drug-likeness (QED) is 0.768. The van der Waals surface area contributed by atoms with E-state index < -0.39 is 0 Å². The second-order valence-corrected chi connectivity index (χ2v) is 5.71. The highest BCUT2D eigenvalue weighted by Gasteiger charge is 2.11. The summed E-state index contributed by atoms with van der Waals surface area (Å²) >= 11 is 0. The fraction of sp³-hybridized carbons (Fsp3) is 0.294. The number of aromatic nitrogens is 4. The maximum absolute atomic E-state index is 12.0. The molecule has 2 aromatic heterocycles. The molecule has 0 saturated carbocycles. The molecular weight excluding hydrogens is 308 g/mol. The van der Waals surface area contributed by atoms with Crippen LogP contribution in [0.15, 0.2) is 39.8 Å². The number of rotatable bonds is 5. The first-order valence-electron chi connectivity index (χ1n) is 7.65. The first-order valence-corrected chi connectivity index (χ1v) is 7.65. The van der Waals surface area contributed by atoms with Crippen molar-refractivity contribution in [1.29, 1.82) is 0 Å². The maximum Gasteiger partial charge on any atom is 0.273 e. The van der Waals surface area contributed by atoms with Gasteiger partial charge < -0.3 is 9.63 Å². The molecule has 124 valence electrons. The summed E-state index contributed by atoms with van der Waals surface area (Å²) in [4.78, 5) is 16.3. The minimum Gasteiger partial charge on any atom is -0.506 e. The molecule has 0 saturated heterocycles. The van der Waals surface area contributed by atoms with Gasteiger partial charge in [0.2, 0.25) is 5.89 Å². The van der Waals surface area contributed by atoms with Crippen LogP contribution in [0.2, 0.25) is 0 Å². The molecule has 0 atom stereocenters. The summed E-state index contributed by atoms with van der Waals surface area (Å²) in [7, 11) is 0. The van der Waals surface area contributed by atoms with E-state index in [9.17, 15) is 9.90 Å². The van der Waals surface area contributed by atoms with Gasteiger partial charge in [0, 0.05) is 6.42 Å². The Hall–Kier alpha value is -2.96. The molecule has 0 amide bonds. The van der Waals surface area contributed by atoms with Crippen LogP contribution in [0.4, 0.5) is 0 Å². The Morgan fingerprint density at radius 3 is 2.67 bits per heavy atom. The fourth-order valence-electron chi connectivity index (χ4n) is 2.28. The van der Waals surface area contributed by atoms with E-state index in [0.717, 1.165) is 6.42 Å². The van der Waals surface area contributed by atoms with Crippen molar-refractivity contribution in [2.75, 3.05) is 0 Å². The molecule has 0 radical (unpaired) electrons. The Balaban J connectivity index is 1.66. The lowest BCUT2D eigenvalue weighted by molar-refractivity contribution is 0.356. The van der Waals surface area contributed by atoms with Crippen LogP contribution in [0.25, 0.3) is 0 Å². The van der Waals surface area contributed by atoms with Crippen LogP contribution in [-0.2, 0) is 19.4 Å². The summed E-state index contributed by atoms with van der Waals surface area (Å²) in [6.45, 7) is 3.67. The van der Waals surface area contributed by atoms with Crippen LogP contribution in [0, 0.1) is 13.8 Å². The lowest BCUT2D eigenvalue weighted by atomic mass is 10.1. The molecule has 1 N–H and O–H groups in total. The van der Waals surface area contributed by atoms with Gasteiger partial charge in [-0.15, -0.1) is 0 Å². The van der Waals surface area contributed by atoms with Crippen molar-refractivity contribution in [2.24, 2.45) is 0 Å². The first kappa shape index (κ1) is 15.9. The molecule has 0 fully saturated rings. The Morgan fingerprint density at radius 2 is 1.92 bits per heavy atom. The Labute approximate surface area is 138 Å². The van der Waals surface area contributed by atoms with Gasteiger partial charge in [0.05, 0.1) is 11.8 Å². The van der Waals surface area contributed by atoms with Gasteiger partial charge in [-0.2, -0.15) is 10.1 Å². The second kappa shape index (κ2) is 6.66. The molecule has 7 heteroatoms. The Kier molecular flexibility index (Phi) is 4.41. The SMILES string of the molecule is Cc1ccc(CCc2noc(Cn3ncc(O)c(C)c3=O)n2)cc1. The van der Waals surface area contributed by atoms with Crippen molar-refractivity contribution in [1.82, 2.24) is 19.9 Å². The van der Waals surface area contributed by atoms with Crippen molar-refractivity contribution < 1.29 is 9.63 Å². The molecule has 1 aromatic carbocycles. The van der Waals surface area contributed by atoms with Crippen molar-refractivity contribution in [2.45, 2.75) is 33.2 Å². The molecule has 0 bridgehead atoms. The third kappa shape index (κ3) is 3.51. The predicted octanol–water partition coefficient (Wildman–Crippen LogP) is 1.78. The van der Waals surface area contributed by atoms with Crippen LogP contribution >= 0.6 is 0 Å². The molecule has 3 aromatic rings. The standard InChI is InChI=1S/C17H18N4O3/c1-11-3-5-13(6-4-11)7-8-15-19-16(24-20-15)10-21-17(23)12(2)14(22)9-18-21/h3-6,9,22H,7-8,10H2,1-2H3. The van der Waals surface area contributed by atoms with Crippen LogP contribution in [0.5, 0.6) is 5.75 Å². The van der Waals surface area contributed by atoms with Crippen molar-refractivity contribution in [3.63, 3.8) is 0 Å². The average molecular weight is 326 g/mol. The number of hydrogen-bond donors (Lipinski definition) is 1. The first-order chi connectivity index (χ1) is 11.5. The van der Waals surface area contributed by atoms with Gasteiger partial charge in [0.25, 0.3) is 5.56 Å². The smallest absolute Gasteiger partial charge is 0.273 e. The van der Waals surface area contributed by atoms with E-state index in [1.165, 1.54) is 28.9 Å². The van der Waals surface area contributed by atoms with Crippen LogP contribution in [-0.4, -0.2) is 25.0 Å². The predicted molar refractivity (Wildman–Crippen MR) is 86.9 cm³/mol. The average Bonchev–Trinajstić information content (AvgIpc) is 3.02. The van der Waals surface area contributed by atoms with Gasteiger partial charge in [-0.3, -0.25) is 4.79 Å². The highest BCUT2D eigenvalue weighted by Crippen LogP contribution is 2.09. The summed E-state index contributed by atoms with van der Waals surface area (Å²) in [5.74, 6) is 0.781. The van der Waals surface area contributed by atoms with Crippen molar-refractivity contribution in [3.8, 4) is 5.75 Å². The summed E-state index contributed by atoms with van der Waals surface area (Å²) in [6, 6.07) is 8.31. The lowest BCUT2D eigenvalue weighted by Crippen LogP contribution is -2.25. The zero-order valence-electron chi connectivity index (χ0n) is 13.6. The molecule has 0 aliphatic rings. The van der Waals surface area contributed by atoms with Gasteiger partial charge in [-0.25, -0.2) is 4.68 Å². The van der Waals surface area contributed by atoms with E-state index in [1.807, 2.05) is 0 Å². The largest absolute Gasteiger partial charge is 0.506 e. The monoisotopic (exact) mass is 326 g/mol. The molecule has 24 heavy (non-hydrogen) atoms. The van der Waals surface area contributed by atoms with E-state index >= 15 is 0 Å². The summed E-state index contributed by atoms with van der Waals surface area (Å²) in [5.41, 5.74) is 2.29. The second-order valence-electron chi connectivity index (χ2n) is 5.71. The fourth-order valence-corrected chi connectivity index (χ4v) is 2.28. The number of hydrogen-bond acceptors (Lipinski definition) is 6. The summed E-state index contributed by atoms with van der Waals surface area (Å²) < 4.78 is 6.36. The lowest BCUT2D eigenvalue weighted by Gasteiger charge is -2.02. The molecule has 0 spiro atoms. The zero-order chi connectivity index (χ0) is 17.1. The van der Waals surface area contributed by atoms with Gasteiger partial charge in [0.1, 0.15) is 12.3 Å². The molecule has 3 rings (SSSR count). The van der Waals surface area contributed by atoms with E-state index in [-0.39, 0.29) is 23.4 Å². The van der Waals surface area contributed by atoms with Crippen molar-refractivity contribution in [3.05, 3.63) is 69.2 Å². The summed E-state index contributed by atoms with van der Waals surface area (Å²) in [6.07, 6.45) is 2.70.